The Morgan fingerprint density at radius 2 is 1.84 bits per heavy atom. The zero-order valence-electron chi connectivity index (χ0n) is 13.3. The second kappa shape index (κ2) is 6.80. The van der Waals surface area contributed by atoms with Crippen LogP contribution >= 0.6 is 11.8 Å². The molecule has 0 radical (unpaired) electrons. The van der Waals surface area contributed by atoms with E-state index in [2.05, 4.69) is 45.1 Å². The standard InChI is InChI=1S/C15H28N2OS/c1-10(8-14-12(3)17-18-13(14)4)16-11(2)9-19-15(5,6)7/h10-11,16H,8-9H2,1-7H3/t10-,11-/m1/s1. The molecule has 0 fully saturated rings. The van der Waals surface area contributed by atoms with Crippen molar-refractivity contribution in [3.63, 3.8) is 0 Å². The number of nitrogens with one attached hydrogen (secondary N) is 1. The molecule has 1 aromatic heterocycles. The van der Waals surface area contributed by atoms with Crippen LogP contribution in [0.4, 0.5) is 0 Å². The van der Waals surface area contributed by atoms with E-state index in [-0.39, 0.29) is 0 Å². The van der Waals surface area contributed by atoms with Crippen LogP contribution in [0.1, 0.15) is 51.6 Å². The van der Waals surface area contributed by atoms with Crippen LogP contribution in [0.25, 0.3) is 0 Å². The van der Waals surface area contributed by atoms with Gasteiger partial charge < -0.3 is 9.84 Å². The van der Waals surface area contributed by atoms with Gasteiger partial charge in [0.15, 0.2) is 0 Å². The fraction of sp³-hybridized carbons (Fsp3) is 0.800. The molecule has 4 heteroatoms. The number of hydrogen-bond donors (Lipinski definition) is 1. The summed E-state index contributed by atoms with van der Waals surface area (Å²) in [5, 5.41) is 7.66. The molecule has 0 amide bonds. The van der Waals surface area contributed by atoms with Gasteiger partial charge in [0.05, 0.1) is 5.69 Å². The van der Waals surface area contributed by atoms with Gasteiger partial charge in [-0.05, 0) is 34.1 Å². The molecule has 1 rings (SSSR count). The van der Waals surface area contributed by atoms with E-state index in [4.69, 9.17) is 4.52 Å². The molecule has 0 saturated carbocycles. The first-order chi connectivity index (χ1) is 8.69. The van der Waals surface area contributed by atoms with Gasteiger partial charge in [0.25, 0.3) is 0 Å². The summed E-state index contributed by atoms with van der Waals surface area (Å²) < 4.78 is 5.55. The van der Waals surface area contributed by atoms with E-state index in [0.29, 0.717) is 16.8 Å². The Morgan fingerprint density at radius 1 is 1.21 bits per heavy atom. The molecular weight excluding hydrogens is 256 g/mol. The lowest BCUT2D eigenvalue weighted by atomic mass is 10.1. The van der Waals surface area contributed by atoms with Gasteiger partial charge in [-0.1, -0.05) is 25.9 Å². The van der Waals surface area contributed by atoms with Gasteiger partial charge in [-0.2, -0.15) is 11.8 Å². The Kier molecular flexibility index (Phi) is 5.93. The van der Waals surface area contributed by atoms with Crippen molar-refractivity contribution in [1.82, 2.24) is 10.5 Å². The number of rotatable bonds is 6. The Morgan fingerprint density at radius 3 is 2.32 bits per heavy atom. The predicted molar refractivity (Wildman–Crippen MR) is 84.0 cm³/mol. The molecule has 0 aliphatic heterocycles. The summed E-state index contributed by atoms with van der Waals surface area (Å²) in [5.74, 6) is 2.08. The van der Waals surface area contributed by atoms with Crippen LogP contribution in [0.2, 0.25) is 0 Å². The second-order valence-electron chi connectivity index (χ2n) is 6.40. The lowest BCUT2D eigenvalue weighted by Crippen LogP contribution is -2.38. The Balaban J connectivity index is 2.41. The van der Waals surface area contributed by atoms with Crippen LogP contribution < -0.4 is 5.32 Å². The highest BCUT2D eigenvalue weighted by molar-refractivity contribution is 8.00. The molecule has 0 aliphatic rings. The fourth-order valence-corrected chi connectivity index (χ4v) is 2.91. The van der Waals surface area contributed by atoms with E-state index in [1.807, 2.05) is 25.6 Å². The molecule has 1 N–H and O–H groups in total. The molecular formula is C15H28N2OS. The van der Waals surface area contributed by atoms with Gasteiger partial charge in [0.1, 0.15) is 5.76 Å². The zero-order chi connectivity index (χ0) is 14.6. The van der Waals surface area contributed by atoms with Gasteiger partial charge >= 0.3 is 0 Å². The molecule has 0 aliphatic carbocycles. The van der Waals surface area contributed by atoms with Gasteiger partial charge in [-0.15, -0.1) is 0 Å². The second-order valence-corrected chi connectivity index (χ2v) is 8.25. The number of hydrogen-bond acceptors (Lipinski definition) is 4. The monoisotopic (exact) mass is 284 g/mol. The molecule has 1 heterocycles. The molecule has 0 aromatic carbocycles. The van der Waals surface area contributed by atoms with Gasteiger partial charge in [0, 0.05) is 28.1 Å². The molecule has 3 nitrogen and oxygen atoms in total. The van der Waals surface area contributed by atoms with Gasteiger partial charge in [-0.25, -0.2) is 0 Å². The molecule has 2 atom stereocenters. The Bertz CT molecular complexity index is 376. The number of aromatic nitrogens is 1. The third-order valence-electron chi connectivity index (χ3n) is 3.03. The quantitative estimate of drug-likeness (QED) is 0.864. The third-order valence-corrected chi connectivity index (χ3v) is 4.56. The van der Waals surface area contributed by atoms with Crippen molar-refractivity contribution in [1.29, 1.82) is 0 Å². The van der Waals surface area contributed by atoms with Crippen molar-refractivity contribution >= 4 is 11.8 Å². The van der Waals surface area contributed by atoms with E-state index >= 15 is 0 Å². The summed E-state index contributed by atoms with van der Waals surface area (Å²) in [7, 11) is 0. The van der Waals surface area contributed by atoms with Crippen LogP contribution in [0, 0.1) is 13.8 Å². The summed E-state index contributed by atoms with van der Waals surface area (Å²) >= 11 is 2.00. The van der Waals surface area contributed by atoms with E-state index in [1.54, 1.807) is 0 Å². The largest absolute Gasteiger partial charge is 0.361 e. The molecule has 0 unspecified atom stereocenters. The lowest BCUT2D eigenvalue weighted by Gasteiger charge is -2.24. The van der Waals surface area contributed by atoms with E-state index in [1.165, 1.54) is 5.56 Å². The van der Waals surface area contributed by atoms with Crippen molar-refractivity contribution in [2.24, 2.45) is 0 Å². The highest BCUT2D eigenvalue weighted by atomic mass is 32.2. The van der Waals surface area contributed by atoms with Gasteiger partial charge in [0.2, 0.25) is 0 Å². The van der Waals surface area contributed by atoms with E-state index in [0.717, 1.165) is 23.6 Å². The third kappa shape index (κ3) is 6.00. The van der Waals surface area contributed by atoms with Crippen molar-refractivity contribution in [2.75, 3.05) is 5.75 Å². The fourth-order valence-electron chi connectivity index (χ4n) is 2.07. The summed E-state index contributed by atoms with van der Waals surface area (Å²) in [6.07, 6.45) is 0.978. The van der Waals surface area contributed by atoms with Crippen LogP contribution in [0.15, 0.2) is 4.52 Å². The highest BCUT2D eigenvalue weighted by Gasteiger charge is 2.16. The lowest BCUT2D eigenvalue weighted by molar-refractivity contribution is 0.391. The molecule has 0 spiro atoms. The maximum atomic E-state index is 5.21. The predicted octanol–water partition coefficient (Wildman–Crippen LogP) is 3.73. The van der Waals surface area contributed by atoms with Crippen LogP contribution in [0.5, 0.6) is 0 Å². The minimum absolute atomic E-state index is 0.334. The summed E-state index contributed by atoms with van der Waals surface area (Å²) in [6, 6.07) is 0.951. The van der Waals surface area contributed by atoms with Crippen molar-refractivity contribution in [3.8, 4) is 0 Å². The van der Waals surface area contributed by atoms with Gasteiger partial charge in [-0.3, -0.25) is 0 Å². The first-order valence-corrected chi connectivity index (χ1v) is 7.99. The SMILES string of the molecule is Cc1noc(C)c1C[C@@H](C)N[C@H](C)CSC(C)(C)C. The molecule has 1 aromatic rings. The number of nitrogens with zero attached hydrogens (tertiary/aromatic N) is 1. The topological polar surface area (TPSA) is 38.1 Å². The summed E-state index contributed by atoms with van der Waals surface area (Å²) in [4.78, 5) is 0. The smallest absolute Gasteiger partial charge is 0.137 e. The molecule has 0 bridgehead atoms. The first-order valence-electron chi connectivity index (χ1n) is 7.01. The minimum atomic E-state index is 0.334. The normalized spacial score (nSPS) is 15.5. The van der Waals surface area contributed by atoms with Crippen LogP contribution in [-0.4, -0.2) is 27.7 Å². The molecule has 110 valence electrons. The molecule has 19 heavy (non-hydrogen) atoms. The van der Waals surface area contributed by atoms with Crippen molar-refractivity contribution in [2.45, 2.75) is 71.7 Å². The van der Waals surface area contributed by atoms with Crippen molar-refractivity contribution < 1.29 is 4.52 Å². The first kappa shape index (κ1) is 16.6. The number of thioether (sulfide) groups is 1. The average molecular weight is 284 g/mol. The number of aryl methyl sites for hydroxylation is 2. The van der Waals surface area contributed by atoms with Crippen LogP contribution in [-0.2, 0) is 6.42 Å². The van der Waals surface area contributed by atoms with Crippen LogP contribution in [0.3, 0.4) is 0 Å². The summed E-state index contributed by atoms with van der Waals surface area (Å²) in [6.45, 7) is 15.3. The summed E-state index contributed by atoms with van der Waals surface area (Å²) in [5.41, 5.74) is 2.26. The Labute approximate surface area is 121 Å². The Hall–Kier alpha value is -0.480. The van der Waals surface area contributed by atoms with E-state index in [9.17, 15) is 0 Å². The highest BCUT2D eigenvalue weighted by Crippen LogP contribution is 2.23. The average Bonchev–Trinajstić information content (AvgIpc) is 2.57. The molecule has 0 saturated heterocycles. The zero-order valence-corrected chi connectivity index (χ0v) is 14.1. The maximum absolute atomic E-state index is 5.21. The van der Waals surface area contributed by atoms with E-state index < -0.39 is 0 Å². The van der Waals surface area contributed by atoms with Crippen molar-refractivity contribution in [3.05, 3.63) is 17.0 Å². The maximum Gasteiger partial charge on any atom is 0.137 e. The minimum Gasteiger partial charge on any atom is -0.361 e.